The predicted molar refractivity (Wildman–Crippen MR) is 50.4 cm³/mol. The fourth-order valence-corrected chi connectivity index (χ4v) is 1.54. The minimum Gasteiger partial charge on any atom is -0.477 e. The van der Waals surface area contributed by atoms with Crippen LogP contribution in [0.1, 0.15) is 23.7 Å². The lowest BCUT2D eigenvalue weighted by Gasteiger charge is -2.00. The molecule has 0 aliphatic carbocycles. The van der Waals surface area contributed by atoms with Crippen LogP contribution in [0.25, 0.3) is 5.65 Å². The average Bonchev–Trinajstić information content (AvgIpc) is 2.67. The maximum Gasteiger partial charge on any atom is 0.341 e. The van der Waals surface area contributed by atoms with E-state index in [4.69, 9.17) is 5.11 Å². The van der Waals surface area contributed by atoms with Crippen molar-refractivity contribution in [2.24, 2.45) is 0 Å². The molecule has 2 heterocycles. The third-order valence-electron chi connectivity index (χ3n) is 2.12. The van der Waals surface area contributed by atoms with E-state index in [1.807, 2.05) is 17.7 Å². The highest BCUT2D eigenvalue weighted by Gasteiger charge is 2.14. The van der Waals surface area contributed by atoms with Gasteiger partial charge in [0.2, 0.25) is 0 Å². The first-order valence-corrected chi connectivity index (χ1v) is 4.49. The minimum atomic E-state index is -0.934. The molecule has 5 heteroatoms. The van der Waals surface area contributed by atoms with Crippen molar-refractivity contribution >= 4 is 11.6 Å². The molecule has 0 aliphatic rings. The number of carboxylic acids is 1. The van der Waals surface area contributed by atoms with Crippen LogP contribution in [0.5, 0.6) is 0 Å². The molecule has 0 fully saturated rings. The van der Waals surface area contributed by atoms with Crippen LogP contribution in [0.15, 0.2) is 18.6 Å². The first-order valence-electron chi connectivity index (χ1n) is 4.49. The van der Waals surface area contributed by atoms with E-state index in [2.05, 4.69) is 5.10 Å². The number of hydrogen-bond acceptors (Lipinski definition) is 2. The molecular formula is C9H11N3O2. The first-order chi connectivity index (χ1) is 6.74. The van der Waals surface area contributed by atoms with Crippen molar-refractivity contribution < 1.29 is 9.90 Å². The Morgan fingerprint density at radius 2 is 2.36 bits per heavy atom. The van der Waals surface area contributed by atoms with Gasteiger partial charge in [-0.2, -0.15) is 5.10 Å². The Morgan fingerprint density at radius 3 is 3.00 bits per heavy atom. The minimum absolute atomic E-state index is 0.253. The van der Waals surface area contributed by atoms with Crippen LogP contribution in [0.2, 0.25) is 0 Å². The zero-order valence-corrected chi connectivity index (χ0v) is 7.84. The number of imidazole rings is 1. The molecule has 14 heavy (non-hydrogen) atoms. The predicted octanol–water partition coefficient (Wildman–Crippen LogP) is 1.24. The summed E-state index contributed by atoms with van der Waals surface area (Å²) in [6, 6.07) is 0. The normalized spacial score (nSPS) is 10.9. The van der Waals surface area contributed by atoms with Crippen molar-refractivity contribution in [1.29, 1.82) is 0 Å². The molecule has 0 spiro atoms. The second kappa shape index (κ2) is 3.17. The van der Waals surface area contributed by atoms with Crippen LogP contribution in [0.3, 0.4) is 0 Å². The summed E-state index contributed by atoms with van der Waals surface area (Å²) < 4.78 is 3.48. The number of nitrogens with zero attached hydrogens (tertiary/aromatic N) is 3. The quantitative estimate of drug-likeness (QED) is 0.797. The van der Waals surface area contributed by atoms with E-state index in [-0.39, 0.29) is 5.56 Å². The monoisotopic (exact) mass is 193 g/mol. The van der Waals surface area contributed by atoms with Gasteiger partial charge in [0.1, 0.15) is 11.2 Å². The maximum absolute atomic E-state index is 10.9. The Kier molecular flexibility index (Phi) is 1.99. The fourth-order valence-electron chi connectivity index (χ4n) is 1.54. The van der Waals surface area contributed by atoms with Gasteiger partial charge in [-0.25, -0.2) is 9.31 Å². The number of aryl methyl sites for hydroxylation is 1. The number of carboxylic acid groups (broad SMARTS) is 1. The van der Waals surface area contributed by atoms with Gasteiger partial charge in [0.05, 0.1) is 6.20 Å². The summed E-state index contributed by atoms with van der Waals surface area (Å²) in [6.07, 6.45) is 5.95. The van der Waals surface area contributed by atoms with Crippen LogP contribution in [0.4, 0.5) is 0 Å². The van der Waals surface area contributed by atoms with Crippen molar-refractivity contribution in [3.05, 3.63) is 24.2 Å². The Bertz CT molecular complexity index is 469. The third-order valence-corrected chi connectivity index (χ3v) is 2.12. The lowest BCUT2D eigenvalue weighted by Crippen LogP contribution is -2.01. The molecule has 2 aromatic heterocycles. The standard InChI is InChI=1S/C9H11N3O2/c1-2-3-11-4-5-12-8(11)7(6-10-12)9(13)14/h4-6H,2-3H2,1H3,(H,13,14). The number of carbonyl (C=O) groups is 1. The summed E-state index contributed by atoms with van der Waals surface area (Å²) in [5.41, 5.74) is 0.905. The molecule has 0 amide bonds. The first kappa shape index (κ1) is 8.80. The highest BCUT2D eigenvalue weighted by molar-refractivity contribution is 5.94. The van der Waals surface area contributed by atoms with Gasteiger partial charge >= 0.3 is 5.97 Å². The van der Waals surface area contributed by atoms with Crippen molar-refractivity contribution in [2.45, 2.75) is 19.9 Å². The largest absolute Gasteiger partial charge is 0.477 e. The van der Waals surface area contributed by atoms with Gasteiger partial charge in [-0.3, -0.25) is 0 Å². The van der Waals surface area contributed by atoms with E-state index in [1.54, 1.807) is 10.7 Å². The number of rotatable bonds is 3. The van der Waals surface area contributed by atoms with Gasteiger partial charge in [-0.15, -0.1) is 0 Å². The Balaban J connectivity index is 2.61. The van der Waals surface area contributed by atoms with Crippen LogP contribution in [-0.2, 0) is 6.54 Å². The topological polar surface area (TPSA) is 59.5 Å². The summed E-state index contributed by atoms with van der Waals surface area (Å²) in [4.78, 5) is 10.9. The summed E-state index contributed by atoms with van der Waals surface area (Å²) in [7, 11) is 0. The molecule has 0 saturated heterocycles. The van der Waals surface area contributed by atoms with Crippen LogP contribution in [0, 0.1) is 0 Å². The van der Waals surface area contributed by atoms with Crippen LogP contribution < -0.4 is 0 Å². The van der Waals surface area contributed by atoms with E-state index < -0.39 is 5.97 Å². The highest BCUT2D eigenvalue weighted by Crippen LogP contribution is 2.12. The van der Waals surface area contributed by atoms with Crippen LogP contribution in [-0.4, -0.2) is 25.3 Å². The molecule has 2 aromatic rings. The van der Waals surface area contributed by atoms with Gasteiger partial charge in [0, 0.05) is 18.9 Å². The summed E-state index contributed by atoms with van der Waals surface area (Å²) in [5.74, 6) is -0.934. The number of aromatic carboxylic acids is 1. The molecule has 0 radical (unpaired) electrons. The second-order valence-electron chi connectivity index (χ2n) is 3.12. The van der Waals surface area contributed by atoms with Gasteiger partial charge in [0.25, 0.3) is 0 Å². The van der Waals surface area contributed by atoms with E-state index in [0.717, 1.165) is 13.0 Å². The van der Waals surface area contributed by atoms with Crippen molar-refractivity contribution in [3.63, 3.8) is 0 Å². The summed E-state index contributed by atoms with van der Waals surface area (Å²) in [6.45, 7) is 2.86. The molecule has 0 bridgehead atoms. The van der Waals surface area contributed by atoms with Gasteiger partial charge in [0.15, 0.2) is 0 Å². The van der Waals surface area contributed by atoms with Crippen molar-refractivity contribution in [2.75, 3.05) is 0 Å². The molecule has 1 N–H and O–H groups in total. The lowest BCUT2D eigenvalue weighted by molar-refractivity contribution is 0.0698. The lowest BCUT2D eigenvalue weighted by atomic mass is 10.3. The second-order valence-corrected chi connectivity index (χ2v) is 3.12. The SMILES string of the molecule is CCCn1ccn2ncc(C(=O)O)c12. The van der Waals surface area contributed by atoms with E-state index in [9.17, 15) is 4.79 Å². The molecule has 0 saturated carbocycles. The summed E-state index contributed by atoms with van der Waals surface area (Å²) in [5, 5.41) is 12.9. The Morgan fingerprint density at radius 1 is 1.57 bits per heavy atom. The molecular weight excluding hydrogens is 182 g/mol. The molecule has 0 aliphatic heterocycles. The number of hydrogen-bond donors (Lipinski definition) is 1. The van der Waals surface area contributed by atoms with Gasteiger partial charge in [-0.05, 0) is 6.42 Å². The molecule has 0 atom stereocenters. The molecule has 5 nitrogen and oxygen atoms in total. The fraction of sp³-hybridized carbons (Fsp3) is 0.333. The van der Waals surface area contributed by atoms with E-state index in [0.29, 0.717) is 5.65 Å². The van der Waals surface area contributed by atoms with Crippen molar-refractivity contribution in [1.82, 2.24) is 14.2 Å². The smallest absolute Gasteiger partial charge is 0.341 e. The zero-order chi connectivity index (χ0) is 10.1. The maximum atomic E-state index is 10.9. The molecule has 0 unspecified atom stereocenters. The average molecular weight is 193 g/mol. The number of fused-ring (bicyclic) bond motifs is 1. The van der Waals surface area contributed by atoms with Crippen LogP contribution >= 0.6 is 0 Å². The third kappa shape index (κ3) is 1.17. The molecule has 2 rings (SSSR count). The highest BCUT2D eigenvalue weighted by atomic mass is 16.4. The number of aromatic nitrogens is 3. The molecule has 74 valence electrons. The zero-order valence-electron chi connectivity index (χ0n) is 7.84. The van der Waals surface area contributed by atoms with E-state index in [1.165, 1.54) is 6.20 Å². The Labute approximate surface area is 80.6 Å². The Hall–Kier alpha value is -1.78. The van der Waals surface area contributed by atoms with Gasteiger partial charge in [-0.1, -0.05) is 6.92 Å². The molecule has 0 aromatic carbocycles. The summed E-state index contributed by atoms with van der Waals surface area (Å²) >= 11 is 0. The van der Waals surface area contributed by atoms with Crippen molar-refractivity contribution in [3.8, 4) is 0 Å². The van der Waals surface area contributed by atoms with Gasteiger partial charge < -0.3 is 9.67 Å². The van der Waals surface area contributed by atoms with E-state index >= 15 is 0 Å².